The van der Waals surface area contributed by atoms with E-state index in [1.807, 2.05) is 0 Å². The molecule has 0 aliphatic heterocycles. The highest BCUT2D eigenvalue weighted by atomic mass is 19.1. The van der Waals surface area contributed by atoms with Crippen LogP contribution in [0.3, 0.4) is 0 Å². The number of nitrogens with zero attached hydrogens (tertiary/aromatic N) is 4. The van der Waals surface area contributed by atoms with Crippen molar-refractivity contribution < 1.29 is 4.39 Å². The first-order valence-electron chi connectivity index (χ1n) is 3.68. The van der Waals surface area contributed by atoms with Crippen LogP contribution in [0.4, 0.5) is 10.1 Å². The average molecular weight is 193 g/mol. The van der Waals surface area contributed by atoms with Gasteiger partial charge in [0, 0.05) is 5.56 Å². The summed E-state index contributed by atoms with van der Waals surface area (Å²) in [5, 5.41) is 15.5. The Balaban J connectivity index is 2.51. The molecule has 1 N–H and O–H groups in total. The van der Waals surface area contributed by atoms with E-state index < -0.39 is 5.82 Å². The van der Waals surface area contributed by atoms with Crippen LogP contribution in [0.1, 0.15) is 0 Å². The van der Waals surface area contributed by atoms with Crippen molar-refractivity contribution in [2.75, 3.05) is 0 Å². The summed E-state index contributed by atoms with van der Waals surface area (Å²) in [6, 6.07) is 3.82. The monoisotopic (exact) mass is 193 g/mol. The highest BCUT2D eigenvalue weighted by Crippen LogP contribution is 2.23. The van der Waals surface area contributed by atoms with Gasteiger partial charge in [-0.05, 0) is 28.6 Å². The third-order valence-electron chi connectivity index (χ3n) is 1.65. The van der Waals surface area contributed by atoms with Crippen LogP contribution in [0.15, 0.2) is 23.4 Å². The van der Waals surface area contributed by atoms with Crippen molar-refractivity contribution in [2.45, 2.75) is 0 Å². The van der Waals surface area contributed by atoms with E-state index in [1.54, 1.807) is 0 Å². The molecule has 0 aliphatic rings. The van der Waals surface area contributed by atoms with Crippen molar-refractivity contribution >= 4 is 5.69 Å². The van der Waals surface area contributed by atoms with Crippen LogP contribution in [0.25, 0.3) is 11.4 Å². The van der Waals surface area contributed by atoms with Crippen LogP contribution in [0.5, 0.6) is 0 Å². The number of aromatic amines is 1. The lowest BCUT2D eigenvalue weighted by Gasteiger charge is -1.95. The summed E-state index contributed by atoms with van der Waals surface area (Å²) in [7, 11) is 0. The Morgan fingerprint density at radius 1 is 1.43 bits per heavy atom. The summed E-state index contributed by atoms with van der Waals surface area (Å²) in [5.41, 5.74) is 0.210. The number of aromatic nitrogens is 4. The van der Waals surface area contributed by atoms with Gasteiger partial charge in [-0.2, -0.15) is 5.21 Å². The average Bonchev–Trinajstić information content (AvgIpc) is 2.71. The van der Waals surface area contributed by atoms with Crippen molar-refractivity contribution in [2.24, 2.45) is 5.18 Å². The van der Waals surface area contributed by atoms with Crippen LogP contribution in [0, 0.1) is 10.7 Å². The van der Waals surface area contributed by atoms with Gasteiger partial charge in [-0.15, -0.1) is 15.1 Å². The third kappa shape index (κ3) is 1.35. The first-order valence-corrected chi connectivity index (χ1v) is 3.68. The predicted octanol–water partition coefficient (Wildman–Crippen LogP) is 1.40. The van der Waals surface area contributed by atoms with Gasteiger partial charge in [-0.25, -0.2) is 4.39 Å². The number of halogens is 1. The van der Waals surface area contributed by atoms with Gasteiger partial charge in [0.15, 0.2) is 5.82 Å². The molecule has 0 fully saturated rings. The number of nitroso groups, excluding NO2 is 1. The molecule has 2 aromatic rings. The number of hydrogen-bond donors (Lipinski definition) is 1. The van der Waals surface area contributed by atoms with E-state index in [-0.39, 0.29) is 11.5 Å². The first kappa shape index (κ1) is 8.42. The molecule has 1 aromatic carbocycles. The molecule has 0 spiro atoms. The van der Waals surface area contributed by atoms with E-state index in [4.69, 9.17) is 0 Å². The Labute approximate surface area is 77.1 Å². The minimum absolute atomic E-state index is 0.271. The molecule has 0 saturated carbocycles. The topological polar surface area (TPSA) is 83.9 Å². The van der Waals surface area contributed by atoms with Crippen molar-refractivity contribution in [1.29, 1.82) is 0 Å². The minimum Gasteiger partial charge on any atom is -0.204 e. The van der Waals surface area contributed by atoms with Crippen LogP contribution in [-0.2, 0) is 0 Å². The molecule has 0 unspecified atom stereocenters. The molecule has 14 heavy (non-hydrogen) atoms. The summed E-state index contributed by atoms with van der Waals surface area (Å²) in [4.78, 5) is 10.2. The molecule has 2 rings (SSSR count). The fourth-order valence-corrected chi connectivity index (χ4v) is 1.01. The van der Waals surface area contributed by atoms with E-state index in [9.17, 15) is 9.30 Å². The lowest BCUT2D eigenvalue weighted by molar-refractivity contribution is 0.630. The second kappa shape index (κ2) is 3.29. The van der Waals surface area contributed by atoms with Crippen LogP contribution >= 0.6 is 0 Å². The Morgan fingerprint density at radius 2 is 2.29 bits per heavy atom. The van der Waals surface area contributed by atoms with Gasteiger partial charge in [0.2, 0.25) is 5.82 Å². The summed E-state index contributed by atoms with van der Waals surface area (Å²) < 4.78 is 12.9. The molecule has 1 aromatic heterocycles. The zero-order chi connectivity index (χ0) is 9.97. The van der Waals surface area contributed by atoms with Crippen molar-refractivity contribution in [3.05, 3.63) is 28.9 Å². The minimum atomic E-state index is -0.674. The molecule has 7 heteroatoms. The molecule has 1 heterocycles. The SMILES string of the molecule is O=Nc1cc(-c2nn[nH]n2)ccc1F. The van der Waals surface area contributed by atoms with E-state index in [2.05, 4.69) is 25.8 Å². The van der Waals surface area contributed by atoms with Gasteiger partial charge in [-0.1, -0.05) is 0 Å². The molecular formula is C7H4FN5O. The molecule has 0 amide bonds. The fraction of sp³-hybridized carbons (Fsp3) is 0. The molecular weight excluding hydrogens is 189 g/mol. The normalized spacial score (nSPS) is 10.1. The van der Waals surface area contributed by atoms with Crippen molar-refractivity contribution in [1.82, 2.24) is 20.6 Å². The van der Waals surface area contributed by atoms with Gasteiger partial charge >= 0.3 is 0 Å². The Kier molecular flexibility index (Phi) is 1.98. The van der Waals surface area contributed by atoms with Gasteiger partial charge in [-0.3, -0.25) is 0 Å². The van der Waals surface area contributed by atoms with Crippen LogP contribution < -0.4 is 0 Å². The largest absolute Gasteiger partial charge is 0.204 e. The lowest BCUT2D eigenvalue weighted by Crippen LogP contribution is -1.82. The van der Waals surface area contributed by atoms with Gasteiger partial charge < -0.3 is 0 Å². The highest BCUT2D eigenvalue weighted by Gasteiger charge is 2.07. The molecule has 0 saturated heterocycles. The van der Waals surface area contributed by atoms with E-state index >= 15 is 0 Å². The second-order valence-electron chi connectivity index (χ2n) is 2.49. The zero-order valence-electron chi connectivity index (χ0n) is 6.81. The standard InChI is InChI=1S/C7H4FN5O/c8-5-2-1-4(3-6(5)11-14)7-9-12-13-10-7/h1-3H,(H,9,10,12,13). The number of H-pyrrole nitrogens is 1. The Bertz CT molecular complexity index is 455. The second-order valence-corrected chi connectivity index (χ2v) is 2.49. The first-order chi connectivity index (χ1) is 6.81. The van der Waals surface area contributed by atoms with E-state index in [0.717, 1.165) is 6.07 Å². The quantitative estimate of drug-likeness (QED) is 0.730. The Morgan fingerprint density at radius 3 is 2.93 bits per heavy atom. The van der Waals surface area contributed by atoms with E-state index in [0.29, 0.717) is 5.56 Å². The molecule has 0 radical (unpaired) electrons. The van der Waals surface area contributed by atoms with Crippen LogP contribution in [-0.4, -0.2) is 20.6 Å². The van der Waals surface area contributed by atoms with Crippen LogP contribution in [0.2, 0.25) is 0 Å². The van der Waals surface area contributed by atoms with Crippen molar-refractivity contribution in [3.63, 3.8) is 0 Å². The van der Waals surface area contributed by atoms with Gasteiger partial charge in [0.25, 0.3) is 0 Å². The smallest absolute Gasteiger partial charge is 0.204 e. The van der Waals surface area contributed by atoms with Gasteiger partial charge in [0.05, 0.1) is 0 Å². The number of hydrogen-bond acceptors (Lipinski definition) is 5. The number of tetrazole rings is 1. The number of rotatable bonds is 2. The Hall–Kier alpha value is -2.18. The highest BCUT2D eigenvalue weighted by molar-refractivity contribution is 5.60. The maximum absolute atomic E-state index is 12.9. The molecule has 0 bridgehead atoms. The van der Waals surface area contributed by atoms with Gasteiger partial charge in [0.1, 0.15) is 5.69 Å². The lowest BCUT2D eigenvalue weighted by atomic mass is 10.2. The van der Waals surface area contributed by atoms with E-state index in [1.165, 1.54) is 12.1 Å². The molecule has 0 atom stereocenters. The fourth-order valence-electron chi connectivity index (χ4n) is 1.01. The molecule has 70 valence electrons. The maximum atomic E-state index is 12.9. The number of benzene rings is 1. The third-order valence-corrected chi connectivity index (χ3v) is 1.65. The summed E-state index contributed by atoms with van der Waals surface area (Å²) in [5.74, 6) is -0.387. The van der Waals surface area contributed by atoms with Crippen molar-refractivity contribution in [3.8, 4) is 11.4 Å². The molecule has 0 aliphatic carbocycles. The summed E-state index contributed by atoms with van der Waals surface area (Å²) >= 11 is 0. The summed E-state index contributed by atoms with van der Waals surface area (Å²) in [6.45, 7) is 0. The molecule has 6 nitrogen and oxygen atoms in total. The summed E-state index contributed by atoms with van der Waals surface area (Å²) in [6.07, 6.45) is 0. The predicted molar refractivity (Wildman–Crippen MR) is 45.0 cm³/mol. The zero-order valence-corrected chi connectivity index (χ0v) is 6.81. The number of nitrogens with one attached hydrogen (secondary N) is 1. The maximum Gasteiger partial charge on any atom is 0.204 e.